The summed E-state index contributed by atoms with van der Waals surface area (Å²) in [6.45, 7) is 3.85. The van der Waals surface area contributed by atoms with Gasteiger partial charge in [0.1, 0.15) is 0 Å². The fourth-order valence-corrected chi connectivity index (χ4v) is 3.86. The Hall–Kier alpha value is -0.480. The van der Waals surface area contributed by atoms with Crippen molar-refractivity contribution in [3.05, 3.63) is 12.2 Å². The van der Waals surface area contributed by atoms with Crippen molar-refractivity contribution in [2.45, 2.75) is 77.4 Å². The summed E-state index contributed by atoms with van der Waals surface area (Å²) in [7, 11) is 0. The molecule has 23 heavy (non-hydrogen) atoms. The van der Waals surface area contributed by atoms with Crippen molar-refractivity contribution >= 4 is 0 Å². The van der Waals surface area contributed by atoms with E-state index in [0.717, 1.165) is 44.5 Å². The fourth-order valence-electron chi connectivity index (χ4n) is 3.86. The standard InChI is InChI=1S/C19H32F2O2/c1-2-4-19-22-13-17(14-23-19)12-11-16-9-7-15(8-10-16)5-3-6-18(20)21/h6,15-17,19H,2-5,7-14H2,1H3. The van der Waals surface area contributed by atoms with E-state index in [9.17, 15) is 8.78 Å². The van der Waals surface area contributed by atoms with Gasteiger partial charge in [-0.2, -0.15) is 8.78 Å². The zero-order valence-electron chi connectivity index (χ0n) is 14.4. The van der Waals surface area contributed by atoms with E-state index < -0.39 is 6.08 Å². The van der Waals surface area contributed by atoms with Crippen molar-refractivity contribution in [1.29, 1.82) is 0 Å². The van der Waals surface area contributed by atoms with Gasteiger partial charge in [0.15, 0.2) is 6.29 Å². The SMILES string of the molecule is CCCC1OCC(CCC2CCC(CCC=C(F)F)CC2)CO1. The maximum Gasteiger partial charge on any atom is 0.266 e. The van der Waals surface area contributed by atoms with Crippen molar-refractivity contribution in [1.82, 2.24) is 0 Å². The number of ether oxygens (including phenoxy) is 2. The first-order valence-corrected chi connectivity index (χ1v) is 9.41. The lowest BCUT2D eigenvalue weighted by molar-refractivity contribution is -0.204. The highest BCUT2D eigenvalue weighted by Gasteiger charge is 2.25. The van der Waals surface area contributed by atoms with Crippen LogP contribution < -0.4 is 0 Å². The van der Waals surface area contributed by atoms with Gasteiger partial charge in [0.25, 0.3) is 6.08 Å². The van der Waals surface area contributed by atoms with Gasteiger partial charge < -0.3 is 9.47 Å². The summed E-state index contributed by atoms with van der Waals surface area (Å²) in [5.74, 6) is 2.02. The Morgan fingerprint density at radius 1 is 0.870 bits per heavy atom. The summed E-state index contributed by atoms with van der Waals surface area (Å²) in [4.78, 5) is 0. The maximum absolute atomic E-state index is 12.0. The normalized spacial score (nSPS) is 31.8. The second-order valence-corrected chi connectivity index (χ2v) is 7.29. The van der Waals surface area contributed by atoms with Crippen molar-refractivity contribution in [2.24, 2.45) is 17.8 Å². The molecular formula is C19H32F2O2. The molecule has 1 heterocycles. The monoisotopic (exact) mass is 330 g/mol. The zero-order chi connectivity index (χ0) is 16.5. The van der Waals surface area contributed by atoms with Crippen LogP contribution in [0.15, 0.2) is 12.2 Å². The van der Waals surface area contributed by atoms with Gasteiger partial charge in [-0.15, -0.1) is 0 Å². The number of hydrogen-bond acceptors (Lipinski definition) is 2. The Bertz CT molecular complexity index is 339. The summed E-state index contributed by atoms with van der Waals surface area (Å²) in [5, 5.41) is 0. The number of allylic oxidation sites excluding steroid dienone is 1. The first kappa shape index (κ1) is 18.9. The molecule has 0 atom stereocenters. The number of hydrogen-bond donors (Lipinski definition) is 0. The van der Waals surface area contributed by atoms with Crippen LogP contribution in [0.2, 0.25) is 0 Å². The van der Waals surface area contributed by atoms with Crippen molar-refractivity contribution in [3.8, 4) is 0 Å². The lowest BCUT2D eigenvalue weighted by Gasteiger charge is -2.32. The van der Waals surface area contributed by atoms with Crippen LogP contribution in [0.4, 0.5) is 8.78 Å². The van der Waals surface area contributed by atoms with Crippen LogP contribution in [-0.4, -0.2) is 19.5 Å². The number of halogens is 2. The highest BCUT2D eigenvalue weighted by atomic mass is 19.3. The molecule has 0 radical (unpaired) electrons. The van der Waals surface area contributed by atoms with E-state index in [1.54, 1.807) is 0 Å². The average Bonchev–Trinajstić information content (AvgIpc) is 2.55. The lowest BCUT2D eigenvalue weighted by Crippen LogP contribution is -2.32. The fraction of sp³-hybridized carbons (Fsp3) is 0.895. The van der Waals surface area contributed by atoms with E-state index in [-0.39, 0.29) is 6.29 Å². The quantitative estimate of drug-likeness (QED) is 0.550. The molecule has 0 aromatic heterocycles. The van der Waals surface area contributed by atoms with Gasteiger partial charge in [-0.05, 0) is 43.6 Å². The molecule has 1 saturated carbocycles. The summed E-state index contributed by atoms with van der Waals surface area (Å²) in [5.41, 5.74) is 0. The van der Waals surface area contributed by atoms with Crippen LogP contribution >= 0.6 is 0 Å². The van der Waals surface area contributed by atoms with Crippen LogP contribution in [0.25, 0.3) is 0 Å². The number of rotatable bonds is 8. The van der Waals surface area contributed by atoms with Crippen molar-refractivity contribution in [3.63, 3.8) is 0 Å². The molecule has 4 heteroatoms. The molecule has 1 aliphatic carbocycles. The first-order valence-electron chi connectivity index (χ1n) is 9.41. The molecule has 0 bridgehead atoms. The van der Waals surface area contributed by atoms with E-state index >= 15 is 0 Å². The third-order valence-corrected chi connectivity index (χ3v) is 5.38. The Morgan fingerprint density at radius 3 is 2.00 bits per heavy atom. The van der Waals surface area contributed by atoms with E-state index in [1.807, 2.05) is 0 Å². The van der Waals surface area contributed by atoms with Crippen molar-refractivity contribution in [2.75, 3.05) is 13.2 Å². The van der Waals surface area contributed by atoms with E-state index in [0.29, 0.717) is 18.3 Å². The average molecular weight is 330 g/mol. The minimum atomic E-state index is -1.53. The van der Waals surface area contributed by atoms with Gasteiger partial charge in [-0.3, -0.25) is 0 Å². The maximum atomic E-state index is 12.0. The smallest absolute Gasteiger partial charge is 0.266 e. The van der Waals surface area contributed by atoms with Crippen LogP contribution in [0.5, 0.6) is 0 Å². The van der Waals surface area contributed by atoms with Crippen LogP contribution in [0, 0.1) is 17.8 Å². The predicted molar refractivity (Wildman–Crippen MR) is 88.3 cm³/mol. The molecule has 134 valence electrons. The molecule has 0 N–H and O–H groups in total. The largest absolute Gasteiger partial charge is 0.352 e. The molecule has 0 aromatic rings. The zero-order valence-corrected chi connectivity index (χ0v) is 14.4. The summed E-state index contributed by atoms with van der Waals surface area (Å²) in [6, 6.07) is 0. The third-order valence-electron chi connectivity index (χ3n) is 5.38. The van der Waals surface area contributed by atoms with E-state index in [4.69, 9.17) is 9.47 Å². The van der Waals surface area contributed by atoms with Crippen LogP contribution in [-0.2, 0) is 9.47 Å². The Balaban J connectivity index is 1.54. The molecule has 2 nitrogen and oxygen atoms in total. The summed E-state index contributed by atoms with van der Waals surface area (Å²) < 4.78 is 35.6. The molecule has 1 aliphatic heterocycles. The molecule has 0 unspecified atom stereocenters. The van der Waals surface area contributed by atoms with E-state index in [2.05, 4.69) is 6.92 Å². The molecule has 2 fully saturated rings. The second-order valence-electron chi connectivity index (χ2n) is 7.29. The van der Waals surface area contributed by atoms with Gasteiger partial charge in [-0.25, -0.2) is 0 Å². The minimum Gasteiger partial charge on any atom is -0.352 e. The lowest BCUT2D eigenvalue weighted by atomic mass is 9.77. The van der Waals surface area contributed by atoms with Crippen LogP contribution in [0.1, 0.15) is 71.1 Å². The highest BCUT2D eigenvalue weighted by molar-refractivity contribution is 4.82. The molecule has 1 saturated heterocycles. The molecule has 2 rings (SSSR count). The minimum absolute atomic E-state index is 0.0231. The topological polar surface area (TPSA) is 18.5 Å². The molecule has 0 spiro atoms. The molecule has 2 aliphatic rings. The Kier molecular flexibility index (Phi) is 8.52. The van der Waals surface area contributed by atoms with Crippen molar-refractivity contribution < 1.29 is 18.3 Å². The first-order chi connectivity index (χ1) is 11.2. The predicted octanol–water partition coefficient (Wildman–Crippen LogP) is 5.92. The summed E-state index contributed by atoms with van der Waals surface area (Å²) >= 11 is 0. The highest BCUT2D eigenvalue weighted by Crippen LogP contribution is 2.35. The summed E-state index contributed by atoms with van der Waals surface area (Å²) in [6.07, 6.45) is 10.5. The Morgan fingerprint density at radius 2 is 1.43 bits per heavy atom. The van der Waals surface area contributed by atoms with Gasteiger partial charge in [0.2, 0.25) is 0 Å². The molecular weight excluding hydrogens is 298 g/mol. The van der Waals surface area contributed by atoms with Gasteiger partial charge in [0.05, 0.1) is 13.2 Å². The van der Waals surface area contributed by atoms with E-state index in [1.165, 1.54) is 38.5 Å². The van der Waals surface area contributed by atoms with Crippen LogP contribution in [0.3, 0.4) is 0 Å². The van der Waals surface area contributed by atoms with Gasteiger partial charge in [0, 0.05) is 5.92 Å². The van der Waals surface area contributed by atoms with Gasteiger partial charge in [-0.1, -0.05) is 45.4 Å². The molecule has 0 aromatic carbocycles. The third kappa shape index (κ3) is 7.30. The van der Waals surface area contributed by atoms with Gasteiger partial charge >= 0.3 is 0 Å². The second kappa shape index (κ2) is 10.4. The Labute approximate surface area is 139 Å². The molecule has 0 amide bonds.